The minimum absolute atomic E-state index is 0.0508. The van der Waals surface area contributed by atoms with Crippen LogP contribution >= 0.6 is 0 Å². The SMILES string of the molecule is CCC1OCC2(CO1)COC(C)(CC)OC2. The standard InChI is InChI=1S/C12H22O4/c1-4-10-13-6-12(7-14-10)8-15-11(3,5-2)16-9-12/h10H,4-9H2,1-3H3. The molecule has 0 radical (unpaired) electrons. The molecule has 0 saturated carbocycles. The molecule has 0 aromatic rings. The highest BCUT2D eigenvalue weighted by molar-refractivity contribution is 4.86. The third-order valence-corrected chi connectivity index (χ3v) is 3.49. The van der Waals surface area contributed by atoms with E-state index in [9.17, 15) is 0 Å². The van der Waals surface area contributed by atoms with E-state index in [0.29, 0.717) is 26.4 Å². The van der Waals surface area contributed by atoms with Gasteiger partial charge in [0.25, 0.3) is 0 Å². The van der Waals surface area contributed by atoms with Crippen molar-refractivity contribution >= 4 is 0 Å². The van der Waals surface area contributed by atoms with Crippen molar-refractivity contribution in [2.45, 2.75) is 45.7 Å². The Balaban J connectivity index is 1.88. The van der Waals surface area contributed by atoms with Crippen LogP contribution in [0.15, 0.2) is 0 Å². The highest BCUT2D eigenvalue weighted by atomic mass is 16.7. The second-order valence-electron chi connectivity index (χ2n) is 5.02. The Morgan fingerprint density at radius 1 is 1.00 bits per heavy atom. The van der Waals surface area contributed by atoms with Crippen LogP contribution in [0, 0.1) is 5.41 Å². The van der Waals surface area contributed by atoms with E-state index in [1.54, 1.807) is 0 Å². The molecule has 0 atom stereocenters. The number of hydrogen-bond acceptors (Lipinski definition) is 4. The Hall–Kier alpha value is -0.160. The Morgan fingerprint density at radius 2 is 1.56 bits per heavy atom. The first-order chi connectivity index (χ1) is 7.61. The third kappa shape index (κ3) is 2.40. The van der Waals surface area contributed by atoms with Crippen LogP contribution in [0.4, 0.5) is 0 Å². The van der Waals surface area contributed by atoms with Gasteiger partial charge in [0.2, 0.25) is 0 Å². The minimum Gasteiger partial charge on any atom is -0.352 e. The van der Waals surface area contributed by atoms with Gasteiger partial charge >= 0.3 is 0 Å². The third-order valence-electron chi connectivity index (χ3n) is 3.49. The van der Waals surface area contributed by atoms with Gasteiger partial charge < -0.3 is 18.9 Å². The molecule has 2 saturated heterocycles. The van der Waals surface area contributed by atoms with Gasteiger partial charge in [0.15, 0.2) is 12.1 Å². The minimum atomic E-state index is -0.424. The summed E-state index contributed by atoms with van der Waals surface area (Å²) in [5.41, 5.74) is -0.0969. The van der Waals surface area contributed by atoms with E-state index in [1.807, 2.05) is 6.92 Å². The maximum absolute atomic E-state index is 5.79. The molecule has 0 amide bonds. The molecule has 1 spiro atoms. The molecule has 0 aromatic carbocycles. The Kier molecular flexibility index (Phi) is 3.54. The molecule has 2 heterocycles. The normalized spacial score (nSPS) is 44.8. The summed E-state index contributed by atoms with van der Waals surface area (Å²) in [7, 11) is 0. The van der Waals surface area contributed by atoms with E-state index in [4.69, 9.17) is 18.9 Å². The predicted molar refractivity (Wildman–Crippen MR) is 59.0 cm³/mol. The van der Waals surface area contributed by atoms with Gasteiger partial charge in [-0.1, -0.05) is 13.8 Å². The largest absolute Gasteiger partial charge is 0.352 e. The molecule has 4 nitrogen and oxygen atoms in total. The molecular weight excluding hydrogens is 208 g/mol. The zero-order valence-corrected chi connectivity index (χ0v) is 10.5. The lowest BCUT2D eigenvalue weighted by Crippen LogP contribution is -2.55. The molecule has 4 heteroatoms. The van der Waals surface area contributed by atoms with E-state index in [0.717, 1.165) is 12.8 Å². The highest BCUT2D eigenvalue weighted by Crippen LogP contribution is 2.35. The summed E-state index contributed by atoms with van der Waals surface area (Å²) in [6.45, 7) is 8.78. The van der Waals surface area contributed by atoms with Crippen molar-refractivity contribution in [2.24, 2.45) is 5.41 Å². The first kappa shape index (κ1) is 12.3. The van der Waals surface area contributed by atoms with E-state index < -0.39 is 5.79 Å². The average Bonchev–Trinajstić information content (AvgIpc) is 2.35. The number of ether oxygens (including phenoxy) is 4. The molecule has 2 rings (SSSR count). The van der Waals surface area contributed by atoms with Crippen molar-refractivity contribution in [3.05, 3.63) is 0 Å². The van der Waals surface area contributed by atoms with Crippen LogP contribution in [0.5, 0.6) is 0 Å². The Labute approximate surface area is 97.2 Å². The van der Waals surface area contributed by atoms with Gasteiger partial charge in [-0.2, -0.15) is 0 Å². The molecule has 0 unspecified atom stereocenters. The van der Waals surface area contributed by atoms with Crippen molar-refractivity contribution in [1.82, 2.24) is 0 Å². The fourth-order valence-electron chi connectivity index (χ4n) is 1.93. The summed E-state index contributed by atoms with van der Waals surface area (Å²) < 4.78 is 22.9. The van der Waals surface area contributed by atoms with Crippen LogP contribution in [-0.4, -0.2) is 38.5 Å². The smallest absolute Gasteiger partial charge is 0.165 e. The molecule has 94 valence electrons. The molecule has 0 bridgehead atoms. The van der Waals surface area contributed by atoms with E-state index in [-0.39, 0.29) is 11.7 Å². The quantitative estimate of drug-likeness (QED) is 0.726. The van der Waals surface area contributed by atoms with Crippen LogP contribution in [0.2, 0.25) is 0 Å². The van der Waals surface area contributed by atoms with Crippen molar-refractivity contribution in [2.75, 3.05) is 26.4 Å². The molecule has 16 heavy (non-hydrogen) atoms. The van der Waals surface area contributed by atoms with Crippen molar-refractivity contribution < 1.29 is 18.9 Å². The van der Waals surface area contributed by atoms with Crippen LogP contribution < -0.4 is 0 Å². The van der Waals surface area contributed by atoms with Gasteiger partial charge in [0, 0.05) is 0 Å². The fraction of sp³-hybridized carbons (Fsp3) is 1.00. The summed E-state index contributed by atoms with van der Waals surface area (Å²) in [6, 6.07) is 0. The number of hydrogen-bond donors (Lipinski definition) is 0. The first-order valence-electron chi connectivity index (χ1n) is 6.12. The topological polar surface area (TPSA) is 36.9 Å². The molecule has 2 fully saturated rings. The molecular formula is C12H22O4. The lowest BCUT2D eigenvalue weighted by molar-refractivity contribution is -0.337. The van der Waals surface area contributed by atoms with Crippen molar-refractivity contribution in [1.29, 1.82) is 0 Å². The van der Waals surface area contributed by atoms with Crippen LogP contribution in [-0.2, 0) is 18.9 Å². The number of rotatable bonds is 2. The molecule has 2 aliphatic rings. The first-order valence-corrected chi connectivity index (χ1v) is 6.12. The zero-order chi connectivity index (χ0) is 11.6. The lowest BCUT2D eigenvalue weighted by atomic mass is 9.90. The monoisotopic (exact) mass is 230 g/mol. The van der Waals surface area contributed by atoms with E-state index in [1.165, 1.54) is 0 Å². The fourth-order valence-corrected chi connectivity index (χ4v) is 1.93. The summed E-state index contributed by atoms with van der Waals surface area (Å²) in [5, 5.41) is 0. The maximum Gasteiger partial charge on any atom is 0.165 e. The second-order valence-corrected chi connectivity index (χ2v) is 5.02. The lowest BCUT2D eigenvalue weighted by Gasteiger charge is -2.47. The van der Waals surface area contributed by atoms with Crippen LogP contribution in [0.1, 0.15) is 33.6 Å². The van der Waals surface area contributed by atoms with Gasteiger partial charge in [-0.05, 0) is 19.8 Å². The molecule has 2 aliphatic heterocycles. The van der Waals surface area contributed by atoms with Gasteiger partial charge in [-0.25, -0.2) is 0 Å². The van der Waals surface area contributed by atoms with Gasteiger partial charge in [-0.3, -0.25) is 0 Å². The van der Waals surface area contributed by atoms with Crippen molar-refractivity contribution in [3.8, 4) is 0 Å². The highest BCUT2D eigenvalue weighted by Gasteiger charge is 2.44. The Bertz CT molecular complexity index is 223. The van der Waals surface area contributed by atoms with Gasteiger partial charge in [0.1, 0.15) is 0 Å². The van der Waals surface area contributed by atoms with Crippen LogP contribution in [0.25, 0.3) is 0 Å². The van der Waals surface area contributed by atoms with Gasteiger partial charge in [0.05, 0.1) is 31.8 Å². The van der Waals surface area contributed by atoms with E-state index in [2.05, 4.69) is 13.8 Å². The van der Waals surface area contributed by atoms with Crippen molar-refractivity contribution in [3.63, 3.8) is 0 Å². The van der Waals surface area contributed by atoms with Crippen LogP contribution in [0.3, 0.4) is 0 Å². The Morgan fingerprint density at radius 3 is 2.00 bits per heavy atom. The summed E-state index contributed by atoms with van der Waals surface area (Å²) in [4.78, 5) is 0. The average molecular weight is 230 g/mol. The van der Waals surface area contributed by atoms with E-state index >= 15 is 0 Å². The second kappa shape index (κ2) is 4.61. The molecule has 0 aliphatic carbocycles. The summed E-state index contributed by atoms with van der Waals surface area (Å²) in [5.74, 6) is -0.424. The zero-order valence-electron chi connectivity index (χ0n) is 10.5. The van der Waals surface area contributed by atoms with Gasteiger partial charge in [-0.15, -0.1) is 0 Å². The predicted octanol–water partition coefficient (Wildman–Crippen LogP) is 1.93. The molecule has 0 N–H and O–H groups in total. The maximum atomic E-state index is 5.79. The molecule has 0 aromatic heterocycles. The summed E-state index contributed by atoms with van der Waals surface area (Å²) in [6.07, 6.45) is 1.71. The summed E-state index contributed by atoms with van der Waals surface area (Å²) >= 11 is 0.